The van der Waals surface area contributed by atoms with E-state index >= 15 is 0 Å². The van der Waals surface area contributed by atoms with Crippen molar-refractivity contribution >= 4 is 11.9 Å². The van der Waals surface area contributed by atoms with Crippen molar-refractivity contribution in [3.63, 3.8) is 0 Å². The minimum absolute atomic E-state index is 0.0220. The quantitative estimate of drug-likeness (QED) is 0.796. The number of carbonyl (C=O) groups excluding carboxylic acids is 2. The van der Waals surface area contributed by atoms with Crippen LogP contribution in [0.1, 0.15) is 51.4 Å². The summed E-state index contributed by atoms with van der Waals surface area (Å²) in [6, 6.07) is -0.0375. The summed E-state index contributed by atoms with van der Waals surface area (Å²) in [5.41, 5.74) is 0. The maximum Gasteiger partial charge on any atom is 0.307 e. The molecule has 2 aliphatic heterocycles. The van der Waals surface area contributed by atoms with E-state index in [1.54, 1.807) is 0 Å². The molecule has 0 aromatic rings. The third-order valence-electron chi connectivity index (χ3n) is 4.40. The zero-order valence-corrected chi connectivity index (χ0v) is 12.4. The highest BCUT2D eigenvalue weighted by Gasteiger charge is 2.32. The highest BCUT2D eigenvalue weighted by Crippen LogP contribution is 2.22. The Balaban J connectivity index is 1.98. The number of carbonyl (C=O) groups is 2. The van der Waals surface area contributed by atoms with E-state index in [0.29, 0.717) is 6.42 Å². The highest BCUT2D eigenvalue weighted by molar-refractivity contribution is 5.83. The lowest BCUT2D eigenvalue weighted by Crippen LogP contribution is -2.52. The second-order valence-corrected chi connectivity index (χ2v) is 5.82. The number of hydrogen-bond donors (Lipinski definition) is 1. The fourth-order valence-corrected chi connectivity index (χ4v) is 3.22. The van der Waals surface area contributed by atoms with Gasteiger partial charge in [0.15, 0.2) is 0 Å². The first-order chi connectivity index (χ1) is 9.72. The van der Waals surface area contributed by atoms with E-state index in [4.69, 9.17) is 4.74 Å². The Kier molecular flexibility index (Phi) is 5.83. The molecule has 5 nitrogen and oxygen atoms in total. The van der Waals surface area contributed by atoms with Crippen molar-refractivity contribution in [1.82, 2.24) is 10.2 Å². The average molecular weight is 282 g/mol. The van der Waals surface area contributed by atoms with Gasteiger partial charge in [-0.2, -0.15) is 0 Å². The number of ether oxygens (including phenoxy) is 1. The minimum Gasteiger partial charge on any atom is -0.469 e. The maximum atomic E-state index is 12.7. The summed E-state index contributed by atoms with van der Waals surface area (Å²) in [4.78, 5) is 26.1. The number of amides is 1. The molecule has 2 rings (SSSR count). The summed E-state index contributed by atoms with van der Waals surface area (Å²) in [5, 5.41) is 3.36. The Hall–Kier alpha value is -1.10. The Morgan fingerprint density at radius 2 is 1.95 bits per heavy atom. The summed E-state index contributed by atoms with van der Waals surface area (Å²) < 4.78 is 4.75. The van der Waals surface area contributed by atoms with Crippen LogP contribution in [-0.2, 0) is 14.3 Å². The SMILES string of the molecule is COC(=O)CC1CCCCN1C(=O)C1CCCCCN1. The molecule has 2 fully saturated rings. The molecule has 0 bridgehead atoms. The van der Waals surface area contributed by atoms with Gasteiger partial charge in [-0.3, -0.25) is 9.59 Å². The molecule has 2 unspecified atom stereocenters. The number of esters is 1. The van der Waals surface area contributed by atoms with Crippen LogP contribution in [0.3, 0.4) is 0 Å². The molecule has 114 valence electrons. The third-order valence-corrected chi connectivity index (χ3v) is 4.40. The topological polar surface area (TPSA) is 58.6 Å². The lowest BCUT2D eigenvalue weighted by atomic mass is 9.97. The van der Waals surface area contributed by atoms with Crippen LogP contribution < -0.4 is 5.32 Å². The maximum absolute atomic E-state index is 12.7. The van der Waals surface area contributed by atoms with Crippen molar-refractivity contribution in [2.24, 2.45) is 0 Å². The zero-order chi connectivity index (χ0) is 14.4. The Bertz CT molecular complexity index is 338. The number of nitrogens with zero attached hydrogens (tertiary/aromatic N) is 1. The lowest BCUT2D eigenvalue weighted by molar-refractivity contribution is -0.145. The number of piperidine rings is 1. The molecular weight excluding hydrogens is 256 g/mol. The molecule has 0 spiro atoms. The minimum atomic E-state index is -0.219. The molecule has 2 saturated heterocycles. The van der Waals surface area contributed by atoms with Crippen LogP contribution in [0, 0.1) is 0 Å². The Morgan fingerprint density at radius 3 is 2.75 bits per heavy atom. The summed E-state index contributed by atoms with van der Waals surface area (Å²) in [6.07, 6.45) is 7.74. The van der Waals surface area contributed by atoms with Gasteiger partial charge < -0.3 is 15.0 Å². The smallest absolute Gasteiger partial charge is 0.307 e. The van der Waals surface area contributed by atoms with E-state index in [-0.39, 0.29) is 24.0 Å². The van der Waals surface area contributed by atoms with Crippen LogP contribution in [0.25, 0.3) is 0 Å². The number of methoxy groups -OCH3 is 1. The standard InChI is InChI=1S/C15H26N2O3/c1-20-14(18)11-12-7-4-6-10-17(12)15(19)13-8-3-2-5-9-16-13/h12-13,16H,2-11H2,1H3. The first-order valence-electron chi connectivity index (χ1n) is 7.83. The van der Waals surface area contributed by atoms with Gasteiger partial charge in [0, 0.05) is 12.6 Å². The molecule has 0 aliphatic carbocycles. The van der Waals surface area contributed by atoms with Crippen LogP contribution in [-0.4, -0.2) is 49.1 Å². The largest absolute Gasteiger partial charge is 0.469 e. The van der Waals surface area contributed by atoms with Gasteiger partial charge in [-0.1, -0.05) is 12.8 Å². The molecule has 2 aliphatic rings. The fourth-order valence-electron chi connectivity index (χ4n) is 3.22. The van der Waals surface area contributed by atoms with Crippen molar-refractivity contribution in [3.05, 3.63) is 0 Å². The van der Waals surface area contributed by atoms with Crippen molar-refractivity contribution < 1.29 is 14.3 Å². The first-order valence-corrected chi connectivity index (χ1v) is 7.83. The molecule has 1 amide bonds. The molecule has 0 aromatic carbocycles. The fraction of sp³-hybridized carbons (Fsp3) is 0.867. The lowest BCUT2D eigenvalue weighted by Gasteiger charge is -2.37. The van der Waals surface area contributed by atoms with E-state index in [0.717, 1.165) is 51.6 Å². The zero-order valence-electron chi connectivity index (χ0n) is 12.4. The van der Waals surface area contributed by atoms with Gasteiger partial charge in [0.2, 0.25) is 5.91 Å². The predicted molar refractivity (Wildman–Crippen MR) is 76.2 cm³/mol. The normalized spacial score (nSPS) is 27.8. The van der Waals surface area contributed by atoms with E-state index in [1.807, 2.05) is 4.90 Å². The first kappa shape index (κ1) is 15.3. The average Bonchev–Trinajstić information content (AvgIpc) is 2.76. The van der Waals surface area contributed by atoms with E-state index in [1.165, 1.54) is 13.5 Å². The van der Waals surface area contributed by atoms with Crippen molar-refractivity contribution in [2.45, 2.75) is 63.5 Å². The van der Waals surface area contributed by atoms with E-state index in [9.17, 15) is 9.59 Å². The summed E-state index contributed by atoms with van der Waals surface area (Å²) in [6.45, 7) is 1.70. The van der Waals surface area contributed by atoms with Crippen molar-refractivity contribution in [1.29, 1.82) is 0 Å². The Labute approximate surface area is 121 Å². The van der Waals surface area contributed by atoms with Gasteiger partial charge in [0.25, 0.3) is 0 Å². The second-order valence-electron chi connectivity index (χ2n) is 5.82. The van der Waals surface area contributed by atoms with Crippen LogP contribution in [0.15, 0.2) is 0 Å². The number of likely N-dealkylation sites (tertiary alicyclic amines) is 1. The predicted octanol–water partition coefficient (Wildman–Crippen LogP) is 1.46. The van der Waals surface area contributed by atoms with Gasteiger partial charge in [0.05, 0.1) is 19.6 Å². The highest BCUT2D eigenvalue weighted by atomic mass is 16.5. The number of rotatable bonds is 3. The van der Waals surface area contributed by atoms with Gasteiger partial charge in [-0.15, -0.1) is 0 Å². The summed E-state index contributed by atoms with van der Waals surface area (Å²) in [5.74, 6) is -0.0379. The van der Waals surface area contributed by atoms with Gasteiger partial charge >= 0.3 is 5.97 Å². The number of nitrogens with one attached hydrogen (secondary N) is 1. The molecule has 2 atom stereocenters. The third kappa shape index (κ3) is 3.95. The van der Waals surface area contributed by atoms with Crippen molar-refractivity contribution in [2.75, 3.05) is 20.2 Å². The summed E-state index contributed by atoms with van der Waals surface area (Å²) >= 11 is 0. The van der Waals surface area contributed by atoms with Gasteiger partial charge in [-0.25, -0.2) is 0 Å². The molecule has 5 heteroatoms. The molecule has 0 aromatic heterocycles. The van der Waals surface area contributed by atoms with E-state index in [2.05, 4.69) is 5.32 Å². The molecule has 1 N–H and O–H groups in total. The monoisotopic (exact) mass is 282 g/mol. The van der Waals surface area contributed by atoms with Crippen LogP contribution in [0.5, 0.6) is 0 Å². The van der Waals surface area contributed by atoms with Crippen LogP contribution >= 0.6 is 0 Å². The molecular formula is C15H26N2O3. The van der Waals surface area contributed by atoms with E-state index < -0.39 is 0 Å². The molecule has 20 heavy (non-hydrogen) atoms. The van der Waals surface area contributed by atoms with Gasteiger partial charge in [-0.05, 0) is 38.6 Å². The second kappa shape index (κ2) is 7.62. The van der Waals surface area contributed by atoms with Crippen LogP contribution in [0.4, 0.5) is 0 Å². The molecule has 2 heterocycles. The van der Waals surface area contributed by atoms with Gasteiger partial charge in [0.1, 0.15) is 0 Å². The Morgan fingerprint density at radius 1 is 1.15 bits per heavy atom. The number of hydrogen-bond acceptors (Lipinski definition) is 4. The molecule has 0 radical (unpaired) electrons. The van der Waals surface area contributed by atoms with Crippen LogP contribution in [0.2, 0.25) is 0 Å². The van der Waals surface area contributed by atoms with Crippen molar-refractivity contribution in [3.8, 4) is 0 Å². The molecule has 0 saturated carbocycles. The summed E-state index contributed by atoms with van der Waals surface area (Å²) in [7, 11) is 1.41.